The summed E-state index contributed by atoms with van der Waals surface area (Å²) in [6, 6.07) is 16.4. The number of para-hydroxylation sites is 1. The Morgan fingerprint density at radius 1 is 1.00 bits per heavy atom. The Labute approximate surface area is 155 Å². The van der Waals surface area contributed by atoms with E-state index in [-0.39, 0.29) is 0 Å². The standard InChI is InChI=1S/C22H27NO3/c1-24-19-5-4-6-20(15-19)26-18-9-12-23(13-10-18)16-17-11-14-25-22-8-3-2-7-21(17)22/h2-8,15,17-18H,9-14,16H2,1H3. The molecule has 1 atom stereocenters. The van der Waals surface area contributed by atoms with Crippen LogP contribution >= 0.6 is 0 Å². The first-order valence-electron chi connectivity index (χ1n) is 9.56. The Balaban J connectivity index is 1.30. The lowest BCUT2D eigenvalue weighted by Crippen LogP contribution is -2.40. The molecule has 2 aromatic rings. The van der Waals surface area contributed by atoms with E-state index in [1.165, 1.54) is 5.56 Å². The van der Waals surface area contributed by atoms with Crippen LogP contribution in [0.15, 0.2) is 48.5 Å². The fourth-order valence-corrected chi connectivity index (χ4v) is 3.99. The fraction of sp³-hybridized carbons (Fsp3) is 0.455. The highest BCUT2D eigenvalue weighted by Gasteiger charge is 2.26. The van der Waals surface area contributed by atoms with E-state index in [1.807, 2.05) is 24.3 Å². The first kappa shape index (κ1) is 17.2. The maximum atomic E-state index is 6.17. The number of hydrogen-bond donors (Lipinski definition) is 0. The van der Waals surface area contributed by atoms with Gasteiger partial charge in [-0.3, -0.25) is 0 Å². The smallest absolute Gasteiger partial charge is 0.123 e. The monoisotopic (exact) mass is 353 g/mol. The molecule has 0 saturated carbocycles. The van der Waals surface area contributed by atoms with E-state index in [9.17, 15) is 0 Å². The van der Waals surface area contributed by atoms with Crippen LogP contribution in [0.3, 0.4) is 0 Å². The third kappa shape index (κ3) is 3.96. The Hall–Kier alpha value is -2.20. The Morgan fingerprint density at radius 3 is 2.65 bits per heavy atom. The molecule has 4 rings (SSSR count). The Bertz CT molecular complexity index is 725. The molecule has 0 aliphatic carbocycles. The number of rotatable bonds is 5. The highest BCUT2D eigenvalue weighted by Crippen LogP contribution is 2.34. The number of ether oxygens (including phenoxy) is 3. The molecule has 0 aromatic heterocycles. The highest BCUT2D eigenvalue weighted by atomic mass is 16.5. The molecule has 4 nitrogen and oxygen atoms in total. The molecule has 138 valence electrons. The molecule has 0 radical (unpaired) electrons. The minimum Gasteiger partial charge on any atom is -0.497 e. The lowest BCUT2D eigenvalue weighted by atomic mass is 9.92. The first-order valence-corrected chi connectivity index (χ1v) is 9.56. The van der Waals surface area contributed by atoms with E-state index in [4.69, 9.17) is 14.2 Å². The lowest BCUT2D eigenvalue weighted by Gasteiger charge is -2.36. The number of likely N-dealkylation sites (tertiary alicyclic amines) is 1. The van der Waals surface area contributed by atoms with Gasteiger partial charge >= 0.3 is 0 Å². The largest absolute Gasteiger partial charge is 0.497 e. The van der Waals surface area contributed by atoms with Gasteiger partial charge in [-0.2, -0.15) is 0 Å². The van der Waals surface area contributed by atoms with E-state index in [1.54, 1.807) is 7.11 Å². The maximum absolute atomic E-state index is 6.17. The van der Waals surface area contributed by atoms with Gasteiger partial charge in [0.05, 0.1) is 13.7 Å². The molecule has 0 amide bonds. The topological polar surface area (TPSA) is 30.9 Å². The van der Waals surface area contributed by atoms with Gasteiger partial charge in [-0.15, -0.1) is 0 Å². The highest BCUT2D eigenvalue weighted by molar-refractivity contribution is 5.38. The van der Waals surface area contributed by atoms with E-state index >= 15 is 0 Å². The van der Waals surface area contributed by atoms with E-state index < -0.39 is 0 Å². The molecule has 0 bridgehead atoms. The van der Waals surface area contributed by atoms with Gasteiger partial charge in [0, 0.05) is 31.6 Å². The van der Waals surface area contributed by atoms with Crippen LogP contribution in [0, 0.1) is 0 Å². The summed E-state index contributed by atoms with van der Waals surface area (Å²) in [4.78, 5) is 2.58. The molecule has 2 aromatic carbocycles. The van der Waals surface area contributed by atoms with Crippen molar-refractivity contribution in [3.05, 3.63) is 54.1 Å². The van der Waals surface area contributed by atoms with Crippen molar-refractivity contribution in [2.45, 2.75) is 31.3 Å². The van der Waals surface area contributed by atoms with E-state index in [0.717, 1.165) is 62.8 Å². The minimum absolute atomic E-state index is 0.292. The molecule has 1 saturated heterocycles. The predicted molar refractivity (Wildman–Crippen MR) is 102 cm³/mol. The quantitative estimate of drug-likeness (QED) is 0.810. The van der Waals surface area contributed by atoms with Gasteiger partial charge in [-0.05, 0) is 43.0 Å². The van der Waals surface area contributed by atoms with Crippen molar-refractivity contribution in [2.24, 2.45) is 0 Å². The van der Waals surface area contributed by atoms with Crippen molar-refractivity contribution in [3.63, 3.8) is 0 Å². The predicted octanol–water partition coefficient (Wildman–Crippen LogP) is 4.10. The summed E-state index contributed by atoms with van der Waals surface area (Å²) in [5, 5.41) is 0. The minimum atomic E-state index is 0.292. The van der Waals surface area contributed by atoms with Gasteiger partial charge in [-0.25, -0.2) is 0 Å². The summed E-state index contributed by atoms with van der Waals surface area (Å²) in [6.45, 7) is 4.13. The summed E-state index contributed by atoms with van der Waals surface area (Å²) in [6.07, 6.45) is 3.54. The normalized spacial score (nSPS) is 20.9. The molecule has 2 aliphatic rings. The number of nitrogens with zero attached hydrogens (tertiary/aromatic N) is 1. The van der Waals surface area contributed by atoms with Crippen LogP contribution in [0.25, 0.3) is 0 Å². The van der Waals surface area contributed by atoms with Crippen LogP contribution in [-0.4, -0.2) is 44.4 Å². The van der Waals surface area contributed by atoms with E-state index in [0.29, 0.717) is 12.0 Å². The number of benzene rings is 2. The van der Waals surface area contributed by atoms with Crippen molar-refractivity contribution in [2.75, 3.05) is 33.4 Å². The molecule has 0 N–H and O–H groups in total. The van der Waals surface area contributed by atoms with Crippen LogP contribution in [0.2, 0.25) is 0 Å². The molecule has 4 heteroatoms. The molecule has 2 heterocycles. The number of fused-ring (bicyclic) bond motifs is 1. The van der Waals surface area contributed by atoms with Gasteiger partial charge in [-0.1, -0.05) is 24.3 Å². The van der Waals surface area contributed by atoms with Gasteiger partial charge in [0.2, 0.25) is 0 Å². The average molecular weight is 353 g/mol. The average Bonchev–Trinajstić information content (AvgIpc) is 2.70. The van der Waals surface area contributed by atoms with Crippen molar-refractivity contribution in [3.8, 4) is 17.2 Å². The van der Waals surface area contributed by atoms with Crippen LogP contribution in [0.1, 0.15) is 30.7 Å². The van der Waals surface area contributed by atoms with Crippen molar-refractivity contribution < 1.29 is 14.2 Å². The molecular weight excluding hydrogens is 326 g/mol. The van der Waals surface area contributed by atoms with Crippen LogP contribution in [0.4, 0.5) is 0 Å². The van der Waals surface area contributed by atoms with Gasteiger partial charge in [0.15, 0.2) is 0 Å². The Kier molecular flexibility index (Phi) is 5.30. The first-order chi connectivity index (χ1) is 12.8. The van der Waals surface area contributed by atoms with Gasteiger partial charge in [0.25, 0.3) is 0 Å². The fourth-order valence-electron chi connectivity index (χ4n) is 3.99. The second-order valence-electron chi connectivity index (χ2n) is 7.17. The molecule has 1 fully saturated rings. The van der Waals surface area contributed by atoms with Gasteiger partial charge in [0.1, 0.15) is 23.4 Å². The number of hydrogen-bond acceptors (Lipinski definition) is 4. The SMILES string of the molecule is COc1cccc(OC2CCN(CC3CCOc4ccccc43)CC2)c1. The van der Waals surface area contributed by atoms with Crippen LogP contribution < -0.4 is 14.2 Å². The summed E-state index contributed by atoms with van der Waals surface area (Å²) in [5.74, 6) is 3.40. The van der Waals surface area contributed by atoms with Crippen LogP contribution in [-0.2, 0) is 0 Å². The van der Waals surface area contributed by atoms with Crippen LogP contribution in [0.5, 0.6) is 17.2 Å². The zero-order chi connectivity index (χ0) is 17.8. The third-order valence-corrected chi connectivity index (χ3v) is 5.44. The number of methoxy groups -OCH3 is 1. The summed E-state index contributed by atoms with van der Waals surface area (Å²) in [7, 11) is 1.69. The van der Waals surface area contributed by atoms with Crippen molar-refractivity contribution in [1.82, 2.24) is 4.90 Å². The summed E-state index contributed by atoms with van der Waals surface area (Å²) >= 11 is 0. The Morgan fingerprint density at radius 2 is 1.81 bits per heavy atom. The summed E-state index contributed by atoms with van der Waals surface area (Å²) < 4.78 is 17.2. The third-order valence-electron chi connectivity index (χ3n) is 5.44. The summed E-state index contributed by atoms with van der Waals surface area (Å²) in [5.41, 5.74) is 1.37. The number of piperidine rings is 1. The lowest BCUT2D eigenvalue weighted by molar-refractivity contribution is 0.0930. The second kappa shape index (κ2) is 8.00. The molecule has 2 aliphatic heterocycles. The molecular formula is C22H27NO3. The van der Waals surface area contributed by atoms with Crippen molar-refractivity contribution in [1.29, 1.82) is 0 Å². The molecule has 1 unspecified atom stereocenters. The maximum Gasteiger partial charge on any atom is 0.123 e. The zero-order valence-corrected chi connectivity index (χ0v) is 15.4. The van der Waals surface area contributed by atoms with Gasteiger partial charge < -0.3 is 19.1 Å². The second-order valence-corrected chi connectivity index (χ2v) is 7.17. The molecule has 26 heavy (non-hydrogen) atoms. The van der Waals surface area contributed by atoms with E-state index in [2.05, 4.69) is 29.2 Å². The zero-order valence-electron chi connectivity index (χ0n) is 15.4. The van der Waals surface area contributed by atoms with Crippen molar-refractivity contribution >= 4 is 0 Å². The molecule has 0 spiro atoms.